The third-order valence-corrected chi connectivity index (χ3v) is 6.37. The van der Waals surface area contributed by atoms with Gasteiger partial charge < -0.3 is 14.7 Å². The Morgan fingerprint density at radius 2 is 2.10 bits per heavy atom. The molecule has 0 bridgehead atoms. The fourth-order valence-corrected chi connectivity index (χ4v) is 4.43. The van der Waals surface area contributed by atoms with Gasteiger partial charge in [0.1, 0.15) is 0 Å². The summed E-state index contributed by atoms with van der Waals surface area (Å²) in [5.41, 5.74) is 2.01. The van der Waals surface area contributed by atoms with Crippen molar-refractivity contribution in [2.45, 2.75) is 32.6 Å². The van der Waals surface area contributed by atoms with Gasteiger partial charge in [0.25, 0.3) is 11.8 Å². The minimum atomic E-state index is -0.148. The van der Waals surface area contributed by atoms with Gasteiger partial charge in [-0.1, -0.05) is 30.3 Å². The lowest BCUT2D eigenvalue weighted by molar-refractivity contribution is -0.126. The SMILES string of the molecule is CCc1noc(-c2ccc(CCNC(=O)C3CCCN(C(=O)c4cccs4)C3)cc2)n1. The van der Waals surface area contributed by atoms with E-state index < -0.39 is 0 Å². The second kappa shape index (κ2) is 9.87. The van der Waals surface area contributed by atoms with Crippen LogP contribution in [0.2, 0.25) is 0 Å². The molecule has 0 radical (unpaired) electrons. The van der Waals surface area contributed by atoms with Crippen LogP contribution >= 0.6 is 11.3 Å². The summed E-state index contributed by atoms with van der Waals surface area (Å²) in [5.74, 6) is 1.12. The smallest absolute Gasteiger partial charge is 0.263 e. The van der Waals surface area contributed by atoms with Crippen molar-refractivity contribution in [1.29, 1.82) is 0 Å². The first-order valence-electron chi connectivity index (χ1n) is 10.7. The van der Waals surface area contributed by atoms with E-state index in [-0.39, 0.29) is 17.7 Å². The molecule has 8 heteroatoms. The number of thiophene rings is 1. The number of benzene rings is 1. The molecule has 4 rings (SSSR count). The second-order valence-corrected chi connectivity index (χ2v) is 8.62. The summed E-state index contributed by atoms with van der Waals surface area (Å²) < 4.78 is 5.26. The maximum Gasteiger partial charge on any atom is 0.263 e. The number of nitrogens with zero attached hydrogens (tertiary/aromatic N) is 3. The summed E-state index contributed by atoms with van der Waals surface area (Å²) in [4.78, 5) is 32.1. The zero-order valence-corrected chi connectivity index (χ0v) is 18.4. The lowest BCUT2D eigenvalue weighted by Gasteiger charge is -2.31. The van der Waals surface area contributed by atoms with Crippen LogP contribution in [0.25, 0.3) is 11.5 Å². The molecule has 3 heterocycles. The van der Waals surface area contributed by atoms with E-state index >= 15 is 0 Å². The van der Waals surface area contributed by atoms with Gasteiger partial charge in [-0.2, -0.15) is 4.98 Å². The van der Waals surface area contributed by atoms with E-state index in [1.165, 1.54) is 11.3 Å². The molecule has 1 aromatic carbocycles. The molecular weight excluding hydrogens is 412 g/mol. The van der Waals surface area contributed by atoms with Gasteiger partial charge >= 0.3 is 0 Å². The summed E-state index contributed by atoms with van der Waals surface area (Å²) >= 11 is 1.44. The van der Waals surface area contributed by atoms with E-state index in [1.807, 2.05) is 48.7 Å². The van der Waals surface area contributed by atoms with Gasteiger partial charge in [-0.3, -0.25) is 9.59 Å². The van der Waals surface area contributed by atoms with Crippen LogP contribution in [-0.4, -0.2) is 46.5 Å². The van der Waals surface area contributed by atoms with Crippen LogP contribution in [0.15, 0.2) is 46.3 Å². The number of piperidine rings is 1. The topological polar surface area (TPSA) is 88.3 Å². The van der Waals surface area contributed by atoms with Crippen molar-refractivity contribution in [3.63, 3.8) is 0 Å². The van der Waals surface area contributed by atoms with Crippen molar-refractivity contribution in [2.75, 3.05) is 19.6 Å². The number of hydrogen-bond donors (Lipinski definition) is 1. The quantitative estimate of drug-likeness (QED) is 0.609. The van der Waals surface area contributed by atoms with Gasteiger partial charge in [0.15, 0.2) is 5.82 Å². The predicted octanol–water partition coefficient (Wildman–Crippen LogP) is 3.57. The van der Waals surface area contributed by atoms with Gasteiger partial charge in [0, 0.05) is 31.6 Å². The number of carbonyl (C=O) groups excluding carboxylic acids is 2. The molecule has 1 aliphatic heterocycles. The number of nitrogens with one attached hydrogen (secondary N) is 1. The number of amides is 2. The van der Waals surface area contributed by atoms with Crippen LogP contribution in [0.1, 0.15) is 40.8 Å². The van der Waals surface area contributed by atoms with E-state index in [9.17, 15) is 9.59 Å². The summed E-state index contributed by atoms with van der Waals surface area (Å²) in [6.07, 6.45) is 3.15. The number of aryl methyl sites for hydroxylation is 1. The summed E-state index contributed by atoms with van der Waals surface area (Å²) in [6, 6.07) is 11.7. The summed E-state index contributed by atoms with van der Waals surface area (Å²) in [6.45, 7) is 3.75. The molecule has 1 atom stereocenters. The molecule has 7 nitrogen and oxygen atoms in total. The van der Waals surface area contributed by atoms with E-state index in [0.717, 1.165) is 41.7 Å². The molecule has 0 aliphatic carbocycles. The molecule has 1 fully saturated rings. The number of carbonyl (C=O) groups is 2. The Bertz CT molecular complexity index is 1010. The first-order valence-corrected chi connectivity index (χ1v) is 11.5. The molecule has 0 spiro atoms. The van der Waals surface area contributed by atoms with E-state index in [1.54, 1.807) is 4.90 Å². The normalized spacial score (nSPS) is 16.3. The molecule has 1 aliphatic rings. The van der Waals surface area contributed by atoms with Crippen LogP contribution in [0.4, 0.5) is 0 Å². The maximum atomic E-state index is 12.6. The van der Waals surface area contributed by atoms with E-state index in [4.69, 9.17) is 4.52 Å². The third-order valence-electron chi connectivity index (χ3n) is 5.51. The van der Waals surface area contributed by atoms with Gasteiger partial charge in [-0.05, 0) is 48.4 Å². The molecular formula is C23H26N4O3S. The van der Waals surface area contributed by atoms with Crippen molar-refractivity contribution in [2.24, 2.45) is 5.92 Å². The van der Waals surface area contributed by atoms with Gasteiger partial charge in [-0.15, -0.1) is 11.3 Å². The first kappa shape index (κ1) is 21.2. The van der Waals surface area contributed by atoms with Crippen LogP contribution < -0.4 is 5.32 Å². The van der Waals surface area contributed by atoms with Gasteiger partial charge in [0.05, 0.1) is 10.8 Å². The Balaban J connectivity index is 1.25. The Morgan fingerprint density at radius 1 is 1.26 bits per heavy atom. The lowest BCUT2D eigenvalue weighted by Crippen LogP contribution is -2.45. The van der Waals surface area contributed by atoms with Crippen molar-refractivity contribution in [3.05, 3.63) is 58.0 Å². The third kappa shape index (κ3) is 5.19. The van der Waals surface area contributed by atoms with Crippen LogP contribution in [-0.2, 0) is 17.6 Å². The molecule has 2 amide bonds. The zero-order valence-electron chi connectivity index (χ0n) is 17.5. The highest BCUT2D eigenvalue weighted by Gasteiger charge is 2.29. The van der Waals surface area contributed by atoms with E-state index in [2.05, 4.69) is 15.5 Å². The monoisotopic (exact) mass is 438 g/mol. The van der Waals surface area contributed by atoms with Crippen molar-refractivity contribution in [3.8, 4) is 11.5 Å². The van der Waals surface area contributed by atoms with Gasteiger partial charge in [0.2, 0.25) is 5.91 Å². The number of likely N-dealkylation sites (tertiary alicyclic amines) is 1. The average molecular weight is 439 g/mol. The number of aromatic nitrogens is 2. The zero-order chi connectivity index (χ0) is 21.6. The fourth-order valence-electron chi connectivity index (χ4n) is 3.73. The van der Waals surface area contributed by atoms with Crippen molar-refractivity contribution >= 4 is 23.2 Å². The highest BCUT2D eigenvalue weighted by Crippen LogP contribution is 2.21. The fraction of sp³-hybridized carbons (Fsp3) is 0.391. The van der Waals surface area contributed by atoms with Crippen LogP contribution in [0.3, 0.4) is 0 Å². The lowest BCUT2D eigenvalue weighted by atomic mass is 9.97. The molecule has 31 heavy (non-hydrogen) atoms. The highest BCUT2D eigenvalue weighted by molar-refractivity contribution is 7.12. The summed E-state index contributed by atoms with van der Waals surface area (Å²) in [7, 11) is 0. The highest BCUT2D eigenvalue weighted by atomic mass is 32.1. The van der Waals surface area contributed by atoms with E-state index in [0.29, 0.717) is 31.3 Å². The molecule has 3 aromatic rings. The Kier molecular flexibility index (Phi) is 6.76. The van der Waals surface area contributed by atoms with Crippen molar-refractivity contribution in [1.82, 2.24) is 20.4 Å². The molecule has 1 saturated heterocycles. The summed E-state index contributed by atoms with van der Waals surface area (Å²) in [5, 5.41) is 8.86. The van der Waals surface area contributed by atoms with Gasteiger partial charge in [-0.25, -0.2) is 0 Å². The Hall–Kier alpha value is -3.00. The minimum absolute atomic E-state index is 0.0262. The standard InChI is InChI=1S/C23H26N4O3S/c1-2-20-25-22(30-26-20)17-9-7-16(8-10-17)11-12-24-21(28)18-5-3-13-27(15-18)23(29)19-6-4-14-31-19/h4,6-10,14,18H,2-3,5,11-13,15H2,1H3,(H,24,28). The average Bonchev–Trinajstić information content (AvgIpc) is 3.51. The van der Waals surface area contributed by atoms with Crippen LogP contribution in [0, 0.1) is 5.92 Å². The Labute approximate surface area is 185 Å². The Morgan fingerprint density at radius 3 is 2.81 bits per heavy atom. The molecule has 1 N–H and O–H groups in total. The second-order valence-electron chi connectivity index (χ2n) is 7.67. The number of hydrogen-bond acceptors (Lipinski definition) is 6. The minimum Gasteiger partial charge on any atom is -0.355 e. The maximum absolute atomic E-state index is 12.6. The molecule has 1 unspecified atom stereocenters. The van der Waals surface area contributed by atoms with Crippen LogP contribution in [0.5, 0.6) is 0 Å². The number of rotatable bonds is 7. The predicted molar refractivity (Wildman–Crippen MR) is 119 cm³/mol. The largest absolute Gasteiger partial charge is 0.355 e. The molecule has 162 valence electrons. The van der Waals surface area contributed by atoms with Crippen molar-refractivity contribution < 1.29 is 14.1 Å². The first-order chi connectivity index (χ1) is 15.1. The molecule has 0 saturated carbocycles. The molecule has 2 aromatic heterocycles.